The second kappa shape index (κ2) is 8.96. The molecule has 31 heavy (non-hydrogen) atoms. The second-order valence-corrected chi connectivity index (χ2v) is 8.40. The van der Waals surface area contributed by atoms with Crippen LogP contribution < -0.4 is 5.32 Å². The van der Waals surface area contributed by atoms with Gasteiger partial charge in [0, 0.05) is 17.9 Å². The minimum atomic E-state index is -0.470. The van der Waals surface area contributed by atoms with Gasteiger partial charge in [0.05, 0.1) is 17.1 Å². The van der Waals surface area contributed by atoms with Gasteiger partial charge in [-0.05, 0) is 63.1 Å². The molecule has 1 N–H and O–H groups in total. The van der Waals surface area contributed by atoms with Crippen LogP contribution >= 0.6 is 0 Å². The van der Waals surface area contributed by atoms with Crippen molar-refractivity contribution < 1.29 is 18.7 Å². The van der Waals surface area contributed by atoms with Crippen LogP contribution in [-0.4, -0.2) is 33.2 Å². The number of rotatable bonds is 6. The molecule has 1 aromatic carbocycles. The molecule has 1 saturated carbocycles. The number of esters is 1. The first-order valence-electron chi connectivity index (χ1n) is 10.9. The first-order chi connectivity index (χ1) is 14.9. The molecule has 0 aliphatic heterocycles. The lowest BCUT2D eigenvalue weighted by Gasteiger charge is -2.23. The number of fused-ring (bicyclic) bond motifs is 1. The number of amides is 1. The number of hydrogen-bond acceptors (Lipinski definition) is 3. The summed E-state index contributed by atoms with van der Waals surface area (Å²) in [6.07, 6.45) is 7.05. The van der Waals surface area contributed by atoms with E-state index < -0.39 is 5.97 Å². The molecular weight excluding hydrogens is 397 g/mol. The maximum atomic E-state index is 13.4. The molecule has 0 atom stereocenters. The number of hydrogen-bond donors (Lipinski definition) is 1. The summed E-state index contributed by atoms with van der Waals surface area (Å²) in [6, 6.07) is 9.92. The molecule has 0 spiro atoms. The van der Waals surface area contributed by atoms with Crippen molar-refractivity contribution in [2.75, 3.05) is 0 Å². The minimum Gasteiger partial charge on any atom is -0.458 e. The molecule has 4 rings (SSSR count). The van der Waals surface area contributed by atoms with E-state index in [1.807, 2.05) is 16.8 Å². The van der Waals surface area contributed by atoms with E-state index in [4.69, 9.17) is 4.74 Å². The molecule has 164 valence electrons. The zero-order valence-corrected chi connectivity index (χ0v) is 17.9. The average Bonchev–Trinajstić information content (AvgIpc) is 3.29. The quantitative estimate of drug-likeness (QED) is 0.588. The maximum absolute atomic E-state index is 13.4. The number of aromatic nitrogens is 2. The Labute approximate surface area is 181 Å². The normalized spacial score (nSPS) is 14.8. The highest BCUT2D eigenvalue weighted by Crippen LogP contribution is 2.26. The summed E-state index contributed by atoms with van der Waals surface area (Å²) in [5.74, 6) is -0.898. The van der Waals surface area contributed by atoms with E-state index in [0.717, 1.165) is 42.4 Å². The van der Waals surface area contributed by atoms with Crippen LogP contribution in [0.15, 0.2) is 42.6 Å². The van der Waals surface area contributed by atoms with E-state index in [2.05, 4.69) is 5.32 Å². The Kier molecular flexibility index (Phi) is 6.11. The minimum absolute atomic E-state index is 0.0377. The topological polar surface area (TPSA) is 65.3 Å². The van der Waals surface area contributed by atoms with Crippen molar-refractivity contribution in [3.05, 3.63) is 54.1 Å². The smallest absolute Gasteiger partial charge is 0.355 e. The molecule has 6 nitrogen and oxygen atoms in total. The number of halogens is 1. The first-order valence-corrected chi connectivity index (χ1v) is 10.9. The molecule has 1 fully saturated rings. The largest absolute Gasteiger partial charge is 0.458 e. The van der Waals surface area contributed by atoms with Crippen molar-refractivity contribution in [2.24, 2.45) is 0 Å². The Morgan fingerprint density at radius 3 is 2.48 bits per heavy atom. The molecule has 1 aliphatic rings. The molecule has 7 heteroatoms. The van der Waals surface area contributed by atoms with Crippen molar-refractivity contribution in [1.82, 2.24) is 14.5 Å². The van der Waals surface area contributed by atoms with Crippen molar-refractivity contribution in [3.63, 3.8) is 0 Å². The van der Waals surface area contributed by atoms with Crippen LogP contribution in [0.4, 0.5) is 4.39 Å². The predicted molar refractivity (Wildman–Crippen MR) is 117 cm³/mol. The molecule has 3 aromatic rings. The van der Waals surface area contributed by atoms with Crippen LogP contribution in [0.3, 0.4) is 0 Å². The van der Waals surface area contributed by atoms with Gasteiger partial charge in [-0.2, -0.15) is 0 Å². The lowest BCUT2D eigenvalue weighted by molar-refractivity contribution is -0.122. The predicted octanol–water partition coefficient (Wildman–Crippen LogP) is 4.59. The molecular formula is C24H28FN3O3. The summed E-state index contributed by atoms with van der Waals surface area (Å²) in [7, 11) is 0. The van der Waals surface area contributed by atoms with Gasteiger partial charge < -0.3 is 19.2 Å². The molecule has 1 amide bonds. The van der Waals surface area contributed by atoms with E-state index >= 15 is 0 Å². The summed E-state index contributed by atoms with van der Waals surface area (Å²) in [4.78, 5) is 25.6. The Morgan fingerprint density at radius 2 is 1.81 bits per heavy atom. The fourth-order valence-corrected chi connectivity index (χ4v) is 4.25. The van der Waals surface area contributed by atoms with E-state index in [1.165, 1.54) is 18.6 Å². The molecule has 0 radical (unpaired) electrons. The fraction of sp³-hybridized carbons (Fsp3) is 0.417. The lowest BCUT2D eigenvalue weighted by atomic mass is 9.95. The first kappa shape index (κ1) is 21.2. The van der Waals surface area contributed by atoms with Crippen molar-refractivity contribution >= 4 is 22.9 Å². The highest BCUT2D eigenvalue weighted by molar-refractivity contribution is 5.96. The molecule has 2 heterocycles. The van der Waals surface area contributed by atoms with E-state index in [-0.39, 0.29) is 30.4 Å². The summed E-state index contributed by atoms with van der Waals surface area (Å²) < 4.78 is 22.4. The third-order valence-corrected chi connectivity index (χ3v) is 5.69. The standard InChI is InChI=1S/C24H28FN3O3/c1-16(2)31-24(30)22-14-21-20(12-13-27(21)19-10-8-17(25)9-11-19)28(22)15-23(29)26-18-6-4-3-5-7-18/h8-14,16,18H,3-7,15H2,1-2H3,(H,26,29). The summed E-state index contributed by atoms with van der Waals surface area (Å²) in [5, 5.41) is 3.11. The third-order valence-electron chi connectivity index (χ3n) is 5.69. The Bertz CT molecular complexity index is 1080. The Hall–Kier alpha value is -3.09. The summed E-state index contributed by atoms with van der Waals surface area (Å²) in [6.45, 7) is 3.62. The molecule has 0 bridgehead atoms. The molecule has 0 saturated heterocycles. The maximum Gasteiger partial charge on any atom is 0.355 e. The van der Waals surface area contributed by atoms with Gasteiger partial charge in [0.15, 0.2) is 0 Å². The van der Waals surface area contributed by atoms with Gasteiger partial charge in [-0.1, -0.05) is 19.3 Å². The number of carbonyl (C=O) groups is 2. The number of nitrogens with zero attached hydrogens (tertiary/aromatic N) is 2. The lowest BCUT2D eigenvalue weighted by Crippen LogP contribution is -2.38. The fourth-order valence-electron chi connectivity index (χ4n) is 4.25. The highest BCUT2D eigenvalue weighted by atomic mass is 19.1. The highest BCUT2D eigenvalue weighted by Gasteiger charge is 2.23. The monoisotopic (exact) mass is 425 g/mol. The van der Waals surface area contributed by atoms with Crippen molar-refractivity contribution in [2.45, 2.75) is 64.6 Å². The number of ether oxygens (including phenoxy) is 1. The molecule has 0 unspecified atom stereocenters. The SMILES string of the molecule is CC(C)OC(=O)c1cc2c(ccn2-c2ccc(F)cc2)n1CC(=O)NC1CCCCC1. The average molecular weight is 426 g/mol. The second-order valence-electron chi connectivity index (χ2n) is 8.40. The van der Waals surface area contributed by atoms with E-state index in [9.17, 15) is 14.0 Å². The third kappa shape index (κ3) is 4.65. The Balaban J connectivity index is 1.68. The molecule has 2 aromatic heterocycles. The summed E-state index contributed by atoms with van der Waals surface area (Å²) >= 11 is 0. The van der Waals surface area contributed by atoms with E-state index in [0.29, 0.717) is 5.69 Å². The van der Waals surface area contributed by atoms with Crippen LogP contribution in [0.25, 0.3) is 16.7 Å². The number of carbonyl (C=O) groups excluding carboxylic acids is 2. The number of benzene rings is 1. The Morgan fingerprint density at radius 1 is 1.10 bits per heavy atom. The van der Waals surface area contributed by atoms with Gasteiger partial charge in [0.2, 0.25) is 5.91 Å². The van der Waals surface area contributed by atoms with Gasteiger partial charge >= 0.3 is 5.97 Å². The van der Waals surface area contributed by atoms with Crippen molar-refractivity contribution in [3.8, 4) is 5.69 Å². The van der Waals surface area contributed by atoms with Crippen LogP contribution in [0.1, 0.15) is 56.4 Å². The van der Waals surface area contributed by atoms with Gasteiger partial charge in [-0.15, -0.1) is 0 Å². The van der Waals surface area contributed by atoms with Crippen molar-refractivity contribution in [1.29, 1.82) is 0 Å². The van der Waals surface area contributed by atoms with E-state index in [1.54, 1.807) is 36.6 Å². The van der Waals surface area contributed by atoms with Crippen LogP contribution in [0, 0.1) is 5.82 Å². The summed E-state index contributed by atoms with van der Waals surface area (Å²) in [5.41, 5.74) is 2.60. The van der Waals surface area contributed by atoms with Crippen LogP contribution in [0.5, 0.6) is 0 Å². The van der Waals surface area contributed by atoms with Gasteiger partial charge in [0.1, 0.15) is 18.1 Å². The van der Waals surface area contributed by atoms with Crippen LogP contribution in [0.2, 0.25) is 0 Å². The van der Waals surface area contributed by atoms with Gasteiger partial charge in [-0.3, -0.25) is 4.79 Å². The zero-order valence-electron chi connectivity index (χ0n) is 17.9. The van der Waals surface area contributed by atoms with Gasteiger partial charge in [-0.25, -0.2) is 9.18 Å². The van der Waals surface area contributed by atoms with Gasteiger partial charge in [0.25, 0.3) is 0 Å². The molecule has 1 aliphatic carbocycles. The number of nitrogens with one attached hydrogen (secondary N) is 1. The zero-order chi connectivity index (χ0) is 22.0. The van der Waals surface area contributed by atoms with Crippen LogP contribution in [-0.2, 0) is 16.1 Å².